The summed E-state index contributed by atoms with van der Waals surface area (Å²) < 4.78 is 54.7. The van der Waals surface area contributed by atoms with Crippen LogP contribution in [0.15, 0.2) is 18.2 Å². The zero-order valence-corrected chi connectivity index (χ0v) is 10.9. The first kappa shape index (κ1) is 15.8. The van der Waals surface area contributed by atoms with Crippen molar-refractivity contribution in [1.29, 1.82) is 0 Å². The minimum Gasteiger partial charge on any atom is -0.496 e. The number of hydrogen-bond donors (Lipinski definition) is 1. The molecule has 6 heteroatoms. The maximum Gasteiger partial charge on any atom is 0.389 e. The largest absolute Gasteiger partial charge is 0.496 e. The fraction of sp³-hybridized carbons (Fsp3) is 0.538. The highest BCUT2D eigenvalue weighted by Crippen LogP contribution is 2.27. The topological polar surface area (TPSA) is 21.3 Å². The first-order chi connectivity index (χ1) is 8.85. The summed E-state index contributed by atoms with van der Waals surface area (Å²) in [5.41, 5.74) is 0.331. The first-order valence-electron chi connectivity index (χ1n) is 5.97. The van der Waals surface area contributed by atoms with Crippen LogP contribution in [0.2, 0.25) is 0 Å². The smallest absolute Gasteiger partial charge is 0.389 e. The van der Waals surface area contributed by atoms with Crippen LogP contribution in [0.4, 0.5) is 17.6 Å². The molecule has 0 saturated heterocycles. The lowest BCUT2D eigenvalue weighted by Gasteiger charge is -2.18. The molecule has 0 heterocycles. The third-order valence-corrected chi connectivity index (χ3v) is 2.75. The van der Waals surface area contributed by atoms with Crippen molar-refractivity contribution in [3.63, 3.8) is 0 Å². The molecule has 1 aromatic rings. The highest BCUT2D eigenvalue weighted by molar-refractivity contribution is 5.36. The van der Waals surface area contributed by atoms with Crippen molar-refractivity contribution in [1.82, 2.24) is 5.32 Å². The Morgan fingerprint density at radius 2 is 2.00 bits per heavy atom. The lowest BCUT2D eigenvalue weighted by Crippen LogP contribution is -2.22. The van der Waals surface area contributed by atoms with E-state index in [1.165, 1.54) is 19.2 Å². The van der Waals surface area contributed by atoms with Gasteiger partial charge in [0.25, 0.3) is 0 Å². The van der Waals surface area contributed by atoms with Gasteiger partial charge < -0.3 is 10.1 Å². The van der Waals surface area contributed by atoms with Crippen LogP contribution in [-0.4, -0.2) is 19.8 Å². The third-order valence-electron chi connectivity index (χ3n) is 2.75. The van der Waals surface area contributed by atoms with Gasteiger partial charge in [-0.05, 0) is 32.0 Å². The molecule has 1 rings (SSSR count). The van der Waals surface area contributed by atoms with Crippen molar-refractivity contribution in [3.8, 4) is 5.75 Å². The van der Waals surface area contributed by atoms with Crippen molar-refractivity contribution in [2.75, 3.05) is 13.7 Å². The second kappa shape index (κ2) is 6.75. The Hall–Kier alpha value is -1.30. The molecule has 0 aromatic heterocycles. The SMILES string of the molecule is COc1cccc(F)c1C(C)NCCCC(F)(F)F. The van der Waals surface area contributed by atoms with E-state index in [4.69, 9.17) is 4.74 Å². The molecule has 0 amide bonds. The summed E-state index contributed by atoms with van der Waals surface area (Å²) in [7, 11) is 1.43. The molecular formula is C13H17F4NO. The molecule has 0 radical (unpaired) electrons. The molecule has 0 aliphatic heterocycles. The van der Waals surface area contributed by atoms with Crippen molar-refractivity contribution < 1.29 is 22.3 Å². The normalized spacial score (nSPS) is 13.4. The molecule has 0 fully saturated rings. The molecule has 0 aliphatic carbocycles. The van der Waals surface area contributed by atoms with Crippen LogP contribution in [0.5, 0.6) is 5.75 Å². The Bertz CT molecular complexity index is 406. The number of ether oxygens (including phenoxy) is 1. The van der Waals surface area contributed by atoms with Crippen molar-refractivity contribution >= 4 is 0 Å². The second-order valence-corrected chi connectivity index (χ2v) is 4.25. The van der Waals surface area contributed by atoms with Crippen LogP contribution in [0.25, 0.3) is 0 Å². The van der Waals surface area contributed by atoms with Crippen LogP contribution in [-0.2, 0) is 0 Å². The van der Waals surface area contributed by atoms with E-state index in [1.54, 1.807) is 13.0 Å². The van der Waals surface area contributed by atoms with Gasteiger partial charge in [-0.1, -0.05) is 6.07 Å². The number of benzene rings is 1. The predicted octanol–water partition coefficient (Wildman–Crippen LogP) is 3.83. The molecule has 1 unspecified atom stereocenters. The predicted molar refractivity (Wildman–Crippen MR) is 64.7 cm³/mol. The summed E-state index contributed by atoms with van der Waals surface area (Å²) >= 11 is 0. The van der Waals surface area contributed by atoms with Gasteiger partial charge in [0, 0.05) is 18.0 Å². The van der Waals surface area contributed by atoms with Gasteiger partial charge in [-0.15, -0.1) is 0 Å². The zero-order valence-electron chi connectivity index (χ0n) is 10.9. The standard InChI is InChI=1S/C13H17F4NO/c1-9(18-8-4-7-13(15,16)17)12-10(14)5-3-6-11(12)19-2/h3,5-6,9,18H,4,7-8H2,1-2H3. The third kappa shape index (κ3) is 5.06. The highest BCUT2D eigenvalue weighted by atomic mass is 19.4. The lowest BCUT2D eigenvalue weighted by atomic mass is 10.1. The number of rotatable bonds is 6. The number of nitrogens with one attached hydrogen (secondary N) is 1. The highest BCUT2D eigenvalue weighted by Gasteiger charge is 2.26. The average Bonchev–Trinajstić information content (AvgIpc) is 2.32. The van der Waals surface area contributed by atoms with E-state index < -0.39 is 24.5 Å². The molecular weight excluding hydrogens is 262 g/mol. The molecule has 1 aromatic carbocycles. The van der Waals surface area contributed by atoms with Gasteiger partial charge in [0.1, 0.15) is 11.6 Å². The Morgan fingerprint density at radius 3 is 2.58 bits per heavy atom. The van der Waals surface area contributed by atoms with E-state index in [0.717, 1.165) is 0 Å². The summed E-state index contributed by atoms with van der Waals surface area (Å²) in [5, 5.41) is 2.87. The number of halogens is 4. The molecule has 0 aliphatic rings. The second-order valence-electron chi connectivity index (χ2n) is 4.25. The minimum absolute atomic E-state index is 0.0371. The molecule has 108 valence electrons. The molecule has 0 saturated carbocycles. The van der Waals surface area contributed by atoms with E-state index in [9.17, 15) is 17.6 Å². The Kier molecular flexibility index (Phi) is 5.60. The van der Waals surface area contributed by atoms with Gasteiger partial charge in [-0.25, -0.2) is 4.39 Å². The maximum absolute atomic E-state index is 13.7. The lowest BCUT2D eigenvalue weighted by molar-refractivity contribution is -0.135. The Labute approximate surface area is 109 Å². The summed E-state index contributed by atoms with van der Waals surface area (Å²) in [5.74, 6) is -0.0500. The fourth-order valence-corrected chi connectivity index (χ4v) is 1.82. The van der Waals surface area contributed by atoms with Gasteiger partial charge in [0.05, 0.1) is 7.11 Å². The van der Waals surface area contributed by atoms with Crippen LogP contribution in [0.3, 0.4) is 0 Å². The average molecular weight is 279 g/mol. The Balaban J connectivity index is 2.56. The number of methoxy groups -OCH3 is 1. The summed E-state index contributed by atoms with van der Waals surface area (Å²) in [6.45, 7) is 1.85. The fourth-order valence-electron chi connectivity index (χ4n) is 1.82. The number of alkyl halides is 3. The summed E-state index contributed by atoms with van der Waals surface area (Å²) in [6, 6.07) is 4.02. The van der Waals surface area contributed by atoms with Crippen molar-refractivity contribution in [3.05, 3.63) is 29.6 Å². The molecule has 0 spiro atoms. The number of hydrogen-bond acceptors (Lipinski definition) is 2. The molecule has 1 N–H and O–H groups in total. The molecule has 0 bridgehead atoms. The quantitative estimate of drug-likeness (QED) is 0.631. The van der Waals surface area contributed by atoms with E-state index in [-0.39, 0.29) is 13.0 Å². The summed E-state index contributed by atoms with van der Waals surface area (Å²) in [6.07, 6.45) is -5.04. The maximum atomic E-state index is 13.7. The molecule has 2 nitrogen and oxygen atoms in total. The Morgan fingerprint density at radius 1 is 1.32 bits per heavy atom. The van der Waals surface area contributed by atoms with Crippen molar-refractivity contribution in [2.24, 2.45) is 0 Å². The van der Waals surface area contributed by atoms with E-state index in [1.807, 2.05) is 0 Å². The minimum atomic E-state index is -4.15. The van der Waals surface area contributed by atoms with Crippen LogP contribution < -0.4 is 10.1 Å². The van der Waals surface area contributed by atoms with Crippen LogP contribution >= 0.6 is 0 Å². The zero-order chi connectivity index (χ0) is 14.5. The van der Waals surface area contributed by atoms with Crippen LogP contribution in [0.1, 0.15) is 31.4 Å². The molecule has 1 atom stereocenters. The summed E-state index contributed by atoms with van der Waals surface area (Å²) in [4.78, 5) is 0. The molecule has 19 heavy (non-hydrogen) atoms. The van der Waals surface area contributed by atoms with E-state index in [0.29, 0.717) is 11.3 Å². The first-order valence-corrected chi connectivity index (χ1v) is 5.97. The van der Waals surface area contributed by atoms with Crippen LogP contribution in [0, 0.1) is 5.82 Å². The van der Waals surface area contributed by atoms with Gasteiger partial charge >= 0.3 is 6.18 Å². The van der Waals surface area contributed by atoms with Gasteiger partial charge in [-0.3, -0.25) is 0 Å². The van der Waals surface area contributed by atoms with E-state index in [2.05, 4.69) is 5.32 Å². The van der Waals surface area contributed by atoms with Gasteiger partial charge in [0.15, 0.2) is 0 Å². The van der Waals surface area contributed by atoms with E-state index >= 15 is 0 Å². The van der Waals surface area contributed by atoms with Gasteiger partial charge in [-0.2, -0.15) is 13.2 Å². The van der Waals surface area contributed by atoms with Crippen molar-refractivity contribution in [2.45, 2.75) is 32.0 Å². The van der Waals surface area contributed by atoms with Gasteiger partial charge in [0.2, 0.25) is 0 Å². The monoisotopic (exact) mass is 279 g/mol.